The molecule has 0 aliphatic rings. The van der Waals surface area contributed by atoms with Crippen LogP contribution in [0.3, 0.4) is 0 Å². The Balaban J connectivity index is 2.92. The van der Waals surface area contributed by atoms with Crippen molar-refractivity contribution in [2.45, 2.75) is 39.5 Å². The second-order valence-electron chi connectivity index (χ2n) is 4.10. The monoisotopic (exact) mass is 238 g/mol. The van der Waals surface area contributed by atoms with Gasteiger partial charge >= 0.3 is 5.97 Å². The maximum absolute atomic E-state index is 11.1. The molecule has 0 saturated heterocycles. The molecule has 0 fully saturated rings. The quantitative estimate of drug-likeness (QED) is 0.771. The molecule has 5 heteroatoms. The van der Waals surface area contributed by atoms with Crippen LogP contribution >= 0.6 is 0 Å². The minimum Gasteiger partial charge on any atom is -0.489 e. The summed E-state index contributed by atoms with van der Waals surface area (Å²) in [5, 5.41) is 9.06. The molecule has 0 aliphatic carbocycles. The van der Waals surface area contributed by atoms with Crippen molar-refractivity contribution in [1.29, 1.82) is 0 Å². The lowest BCUT2D eigenvalue weighted by molar-refractivity contribution is 0.0684. The molecule has 1 rings (SSSR count). The maximum atomic E-state index is 11.1. The number of rotatable bonds is 6. The van der Waals surface area contributed by atoms with Gasteiger partial charge in [-0.15, -0.1) is 0 Å². The molecule has 0 unspecified atom stereocenters. The van der Waals surface area contributed by atoms with Gasteiger partial charge in [0.05, 0.1) is 12.8 Å². The molecule has 1 aromatic heterocycles. The maximum Gasteiger partial charge on any atom is 0.358 e. The molecule has 17 heavy (non-hydrogen) atoms. The Morgan fingerprint density at radius 1 is 1.53 bits per heavy atom. The first-order valence-corrected chi connectivity index (χ1v) is 5.79. The molecule has 1 N–H and O–H groups in total. The lowest BCUT2D eigenvalue weighted by Crippen LogP contribution is -2.10. The first-order valence-electron chi connectivity index (χ1n) is 5.79. The summed E-state index contributed by atoms with van der Waals surface area (Å²) in [5.74, 6) is -0.223. The Kier molecular flexibility index (Phi) is 4.87. The normalized spacial score (nSPS) is 10.6. The highest BCUT2D eigenvalue weighted by atomic mass is 16.5. The third kappa shape index (κ3) is 3.69. The van der Waals surface area contributed by atoms with Gasteiger partial charge in [0.2, 0.25) is 0 Å². The molecular formula is C12H18N2O3. The molecule has 0 radical (unpaired) electrons. The van der Waals surface area contributed by atoms with Crippen LogP contribution in [0.4, 0.5) is 0 Å². The lowest BCUT2D eigenvalue weighted by atomic mass is 10.2. The van der Waals surface area contributed by atoms with E-state index in [-0.39, 0.29) is 17.4 Å². The number of carboxylic acids is 1. The Bertz CT molecular complexity index is 391. The van der Waals surface area contributed by atoms with Crippen molar-refractivity contribution in [3.63, 3.8) is 0 Å². The van der Waals surface area contributed by atoms with E-state index in [0.717, 1.165) is 12.8 Å². The Morgan fingerprint density at radius 2 is 2.24 bits per heavy atom. The van der Waals surface area contributed by atoms with E-state index in [1.807, 2.05) is 20.8 Å². The standard InChI is InChI=1S/C12H18N2O3/c1-4-5-6-17-9-7-13-11(8(2)3)14-10(9)12(15)16/h7-8H,4-6H2,1-3H3,(H,15,16). The molecule has 1 heterocycles. The number of carboxylic acid groups (broad SMARTS) is 1. The molecule has 0 spiro atoms. The summed E-state index contributed by atoms with van der Waals surface area (Å²) < 4.78 is 5.37. The minimum atomic E-state index is -1.08. The van der Waals surface area contributed by atoms with Gasteiger partial charge in [-0.1, -0.05) is 27.2 Å². The van der Waals surface area contributed by atoms with Gasteiger partial charge in [-0.25, -0.2) is 14.8 Å². The Hall–Kier alpha value is -1.65. The van der Waals surface area contributed by atoms with Crippen molar-refractivity contribution >= 4 is 5.97 Å². The zero-order valence-corrected chi connectivity index (χ0v) is 10.4. The highest BCUT2D eigenvalue weighted by molar-refractivity contribution is 5.88. The van der Waals surface area contributed by atoms with E-state index in [1.54, 1.807) is 0 Å². The second-order valence-corrected chi connectivity index (χ2v) is 4.10. The zero-order valence-electron chi connectivity index (χ0n) is 10.4. The average molecular weight is 238 g/mol. The van der Waals surface area contributed by atoms with Crippen LogP contribution in [0.15, 0.2) is 6.20 Å². The van der Waals surface area contributed by atoms with Crippen molar-refractivity contribution < 1.29 is 14.6 Å². The second kappa shape index (κ2) is 6.18. The summed E-state index contributed by atoms with van der Waals surface area (Å²) in [4.78, 5) is 19.2. The smallest absolute Gasteiger partial charge is 0.358 e. The molecular weight excluding hydrogens is 220 g/mol. The molecule has 0 saturated carbocycles. The highest BCUT2D eigenvalue weighted by Gasteiger charge is 2.16. The summed E-state index contributed by atoms with van der Waals surface area (Å²) in [5.41, 5.74) is -0.0557. The molecule has 0 amide bonds. The van der Waals surface area contributed by atoms with Gasteiger partial charge in [0, 0.05) is 5.92 Å². The fourth-order valence-corrected chi connectivity index (χ4v) is 1.25. The van der Waals surface area contributed by atoms with E-state index in [0.29, 0.717) is 12.4 Å². The topological polar surface area (TPSA) is 72.3 Å². The van der Waals surface area contributed by atoms with Gasteiger partial charge in [0.15, 0.2) is 11.4 Å². The Labute approximate surface area is 101 Å². The van der Waals surface area contributed by atoms with E-state index >= 15 is 0 Å². The van der Waals surface area contributed by atoms with E-state index in [4.69, 9.17) is 9.84 Å². The predicted molar refractivity (Wildman–Crippen MR) is 63.5 cm³/mol. The van der Waals surface area contributed by atoms with Crippen LogP contribution in [0.25, 0.3) is 0 Å². The number of hydrogen-bond acceptors (Lipinski definition) is 4. The van der Waals surface area contributed by atoms with Gasteiger partial charge in [-0.3, -0.25) is 0 Å². The summed E-state index contributed by atoms with van der Waals surface area (Å²) in [6.45, 7) is 6.36. The van der Waals surface area contributed by atoms with Crippen molar-refractivity contribution in [2.24, 2.45) is 0 Å². The number of unbranched alkanes of at least 4 members (excludes halogenated alkanes) is 1. The van der Waals surface area contributed by atoms with Crippen LogP contribution in [0.1, 0.15) is 55.8 Å². The molecule has 0 aromatic carbocycles. The number of aromatic nitrogens is 2. The van der Waals surface area contributed by atoms with Gasteiger partial charge in [-0.05, 0) is 6.42 Å². The molecule has 0 aliphatic heterocycles. The largest absolute Gasteiger partial charge is 0.489 e. The van der Waals surface area contributed by atoms with Crippen molar-refractivity contribution in [1.82, 2.24) is 9.97 Å². The van der Waals surface area contributed by atoms with Crippen molar-refractivity contribution in [3.8, 4) is 5.75 Å². The number of ether oxygens (including phenoxy) is 1. The van der Waals surface area contributed by atoms with Crippen LogP contribution in [-0.2, 0) is 0 Å². The van der Waals surface area contributed by atoms with E-state index in [1.165, 1.54) is 6.20 Å². The van der Waals surface area contributed by atoms with Crippen LogP contribution in [0, 0.1) is 0 Å². The number of aromatic carboxylic acids is 1. The first-order chi connectivity index (χ1) is 8.06. The summed E-state index contributed by atoms with van der Waals surface area (Å²) in [6.07, 6.45) is 3.32. The van der Waals surface area contributed by atoms with Gasteiger partial charge in [-0.2, -0.15) is 0 Å². The number of hydrogen-bond donors (Lipinski definition) is 1. The first kappa shape index (κ1) is 13.4. The molecule has 1 aromatic rings. The SMILES string of the molecule is CCCCOc1cnc(C(C)C)nc1C(=O)O. The van der Waals surface area contributed by atoms with Gasteiger partial charge in [0.25, 0.3) is 0 Å². The molecule has 0 atom stereocenters. The summed E-state index contributed by atoms with van der Waals surface area (Å²) in [7, 11) is 0. The van der Waals surface area contributed by atoms with Crippen molar-refractivity contribution in [3.05, 3.63) is 17.7 Å². The fourth-order valence-electron chi connectivity index (χ4n) is 1.25. The number of carbonyl (C=O) groups is 1. The third-order valence-electron chi connectivity index (χ3n) is 2.25. The predicted octanol–water partition coefficient (Wildman–Crippen LogP) is 2.48. The van der Waals surface area contributed by atoms with Gasteiger partial charge < -0.3 is 9.84 Å². The van der Waals surface area contributed by atoms with E-state index in [2.05, 4.69) is 9.97 Å². The fraction of sp³-hybridized carbons (Fsp3) is 0.583. The van der Waals surface area contributed by atoms with Gasteiger partial charge in [0.1, 0.15) is 5.82 Å². The Morgan fingerprint density at radius 3 is 2.76 bits per heavy atom. The summed E-state index contributed by atoms with van der Waals surface area (Å²) >= 11 is 0. The molecule has 94 valence electrons. The third-order valence-corrected chi connectivity index (χ3v) is 2.25. The van der Waals surface area contributed by atoms with E-state index in [9.17, 15) is 4.79 Å². The highest BCUT2D eigenvalue weighted by Crippen LogP contribution is 2.18. The summed E-state index contributed by atoms with van der Waals surface area (Å²) in [6, 6.07) is 0. The zero-order chi connectivity index (χ0) is 12.8. The van der Waals surface area contributed by atoms with Crippen LogP contribution in [-0.4, -0.2) is 27.7 Å². The number of nitrogens with zero attached hydrogens (tertiary/aromatic N) is 2. The van der Waals surface area contributed by atoms with E-state index < -0.39 is 5.97 Å². The lowest BCUT2D eigenvalue weighted by Gasteiger charge is -2.10. The van der Waals surface area contributed by atoms with Crippen LogP contribution in [0.2, 0.25) is 0 Å². The minimum absolute atomic E-state index is 0.0557. The van der Waals surface area contributed by atoms with Crippen LogP contribution in [0.5, 0.6) is 5.75 Å². The molecule has 0 bridgehead atoms. The average Bonchev–Trinajstić information content (AvgIpc) is 2.29. The van der Waals surface area contributed by atoms with Crippen LogP contribution < -0.4 is 4.74 Å². The van der Waals surface area contributed by atoms with Crippen molar-refractivity contribution in [2.75, 3.05) is 6.61 Å². The molecule has 5 nitrogen and oxygen atoms in total.